The van der Waals surface area contributed by atoms with Gasteiger partial charge >= 0.3 is 0 Å². The van der Waals surface area contributed by atoms with Crippen LogP contribution in [-0.4, -0.2) is 6.61 Å². The molecule has 1 unspecified atom stereocenters. The molecule has 1 saturated heterocycles. The summed E-state index contributed by atoms with van der Waals surface area (Å²) in [6.45, 7) is 2.43. The van der Waals surface area contributed by atoms with Gasteiger partial charge in [-0.1, -0.05) is 67.6 Å². The Morgan fingerprint density at radius 1 is 0.929 bits per heavy atom. The van der Waals surface area contributed by atoms with E-state index in [2.05, 4.69) is 0 Å². The first kappa shape index (κ1) is 18.5. The monoisotopic (exact) mass is 380 g/mol. The van der Waals surface area contributed by atoms with Gasteiger partial charge in [0.1, 0.15) is 11.9 Å². The van der Waals surface area contributed by atoms with Crippen molar-refractivity contribution in [1.29, 1.82) is 0 Å². The lowest BCUT2D eigenvalue weighted by Gasteiger charge is -2.06. The molecular weight excluding hydrogens is 361 g/mol. The van der Waals surface area contributed by atoms with Crippen molar-refractivity contribution >= 4 is 12.2 Å². The lowest BCUT2D eigenvalue weighted by Crippen LogP contribution is -1.95. The van der Waals surface area contributed by atoms with E-state index in [0.29, 0.717) is 24.2 Å². The summed E-state index contributed by atoms with van der Waals surface area (Å²) in [4.78, 5) is 0. The van der Waals surface area contributed by atoms with Gasteiger partial charge in [-0.2, -0.15) is 0 Å². The van der Waals surface area contributed by atoms with Crippen molar-refractivity contribution in [2.45, 2.75) is 19.4 Å². The highest BCUT2D eigenvalue weighted by Gasteiger charge is 2.25. The van der Waals surface area contributed by atoms with Gasteiger partial charge in [0.15, 0.2) is 11.6 Å². The molecule has 0 saturated carbocycles. The Hall–Kier alpha value is -2.85. The third kappa shape index (κ3) is 3.73. The van der Waals surface area contributed by atoms with Gasteiger partial charge in [-0.15, -0.1) is 0 Å². The van der Waals surface area contributed by atoms with Gasteiger partial charge in [-0.3, -0.25) is 0 Å². The highest BCUT2D eigenvalue weighted by atomic mass is 19.2. The van der Waals surface area contributed by atoms with Crippen molar-refractivity contribution in [2.24, 2.45) is 0 Å². The Morgan fingerprint density at radius 2 is 1.68 bits per heavy atom. The molecule has 1 atom stereocenters. The number of aryl methyl sites for hydroxylation is 1. The van der Waals surface area contributed by atoms with E-state index in [4.69, 9.17) is 4.74 Å². The van der Waals surface area contributed by atoms with Gasteiger partial charge in [0, 0.05) is 11.1 Å². The maximum Gasteiger partial charge on any atom is 0.166 e. The smallest absolute Gasteiger partial charge is 0.166 e. The average molecular weight is 380 g/mol. The van der Waals surface area contributed by atoms with Gasteiger partial charge in [-0.25, -0.2) is 13.2 Å². The fourth-order valence-electron chi connectivity index (χ4n) is 3.17. The van der Waals surface area contributed by atoms with Crippen molar-refractivity contribution in [3.8, 4) is 11.1 Å². The molecule has 0 N–H and O–H groups in total. The third-order valence-electron chi connectivity index (χ3n) is 4.95. The molecule has 4 rings (SSSR count). The summed E-state index contributed by atoms with van der Waals surface area (Å²) < 4.78 is 47.6. The number of hydrogen-bond donors (Lipinski definition) is 0. The number of rotatable bonds is 5. The summed E-state index contributed by atoms with van der Waals surface area (Å²) in [5, 5.41) is 0. The van der Waals surface area contributed by atoms with Gasteiger partial charge in [0.2, 0.25) is 0 Å². The maximum atomic E-state index is 14.4. The molecule has 1 heterocycles. The molecule has 1 aliphatic rings. The summed E-state index contributed by atoms with van der Waals surface area (Å²) in [5.74, 6) is -1.92. The summed E-state index contributed by atoms with van der Waals surface area (Å²) >= 11 is 0. The fourth-order valence-corrected chi connectivity index (χ4v) is 3.17. The van der Waals surface area contributed by atoms with E-state index < -0.39 is 11.6 Å². The van der Waals surface area contributed by atoms with E-state index in [1.165, 1.54) is 12.1 Å². The summed E-state index contributed by atoms with van der Waals surface area (Å²) in [5.41, 5.74) is 3.49. The number of halogens is 3. The molecule has 0 bridgehead atoms. The molecule has 0 radical (unpaired) electrons. The Balaban J connectivity index is 1.54. The molecule has 1 aliphatic heterocycles. The third-order valence-corrected chi connectivity index (χ3v) is 4.95. The molecule has 28 heavy (non-hydrogen) atoms. The highest BCUT2D eigenvalue weighted by molar-refractivity contribution is 5.72. The molecule has 4 heteroatoms. The minimum atomic E-state index is -0.839. The quantitative estimate of drug-likeness (QED) is 0.360. The molecule has 0 aromatic heterocycles. The van der Waals surface area contributed by atoms with E-state index in [0.717, 1.165) is 16.7 Å². The molecule has 1 fully saturated rings. The first-order valence-electron chi connectivity index (χ1n) is 9.23. The molecule has 0 spiro atoms. The second-order valence-corrected chi connectivity index (χ2v) is 6.81. The van der Waals surface area contributed by atoms with Crippen LogP contribution in [0.15, 0.2) is 54.6 Å². The average Bonchev–Trinajstić information content (AvgIpc) is 3.55. The lowest BCUT2D eigenvalue weighted by molar-refractivity contribution is 0.415. The van der Waals surface area contributed by atoms with Crippen LogP contribution in [0, 0.1) is 17.5 Å². The predicted octanol–water partition coefficient (Wildman–Crippen LogP) is 6.58. The van der Waals surface area contributed by atoms with Crippen LogP contribution in [0.3, 0.4) is 0 Å². The van der Waals surface area contributed by atoms with Crippen LogP contribution in [-0.2, 0) is 11.2 Å². The minimum Gasteiger partial charge on any atom is -0.368 e. The zero-order chi connectivity index (χ0) is 19.7. The van der Waals surface area contributed by atoms with Crippen LogP contribution < -0.4 is 0 Å². The normalized spacial score (nSPS) is 15.9. The zero-order valence-electron chi connectivity index (χ0n) is 15.4. The van der Waals surface area contributed by atoms with Crippen LogP contribution >= 0.6 is 0 Å². The summed E-state index contributed by atoms with van der Waals surface area (Å²) in [6, 6.07) is 15.6. The van der Waals surface area contributed by atoms with Crippen molar-refractivity contribution in [1.82, 2.24) is 0 Å². The van der Waals surface area contributed by atoms with E-state index in [9.17, 15) is 13.2 Å². The SMILES string of the molecule is CCc1ccc(/C=C/c2ccc(-c3ccc(C4CO4)cc3F)cc2)c(F)c1F. The van der Waals surface area contributed by atoms with Gasteiger partial charge in [0.25, 0.3) is 0 Å². The largest absolute Gasteiger partial charge is 0.368 e. The van der Waals surface area contributed by atoms with Crippen molar-refractivity contribution < 1.29 is 17.9 Å². The van der Waals surface area contributed by atoms with Crippen LogP contribution in [0.4, 0.5) is 13.2 Å². The Morgan fingerprint density at radius 3 is 2.32 bits per heavy atom. The Labute approximate surface area is 162 Å². The first-order chi connectivity index (χ1) is 13.6. The van der Waals surface area contributed by atoms with E-state index in [1.807, 2.05) is 30.3 Å². The van der Waals surface area contributed by atoms with Crippen LogP contribution in [0.1, 0.15) is 35.3 Å². The van der Waals surface area contributed by atoms with Crippen molar-refractivity contribution in [2.75, 3.05) is 6.61 Å². The highest BCUT2D eigenvalue weighted by Crippen LogP contribution is 2.33. The molecule has 3 aromatic carbocycles. The molecule has 1 nitrogen and oxygen atoms in total. The number of hydrogen-bond acceptors (Lipinski definition) is 1. The van der Waals surface area contributed by atoms with Gasteiger partial charge in [0.05, 0.1) is 6.61 Å². The number of epoxide rings is 1. The van der Waals surface area contributed by atoms with Crippen LogP contribution in [0.2, 0.25) is 0 Å². The number of benzene rings is 3. The fraction of sp³-hybridized carbons (Fsp3) is 0.167. The topological polar surface area (TPSA) is 12.5 Å². The second kappa shape index (κ2) is 7.64. The minimum absolute atomic E-state index is 0.0210. The maximum absolute atomic E-state index is 14.4. The summed E-state index contributed by atoms with van der Waals surface area (Å²) in [7, 11) is 0. The van der Waals surface area contributed by atoms with Crippen molar-refractivity contribution in [3.63, 3.8) is 0 Å². The van der Waals surface area contributed by atoms with Crippen molar-refractivity contribution in [3.05, 3.63) is 94.3 Å². The van der Waals surface area contributed by atoms with Crippen LogP contribution in [0.5, 0.6) is 0 Å². The molecule has 0 amide bonds. The zero-order valence-corrected chi connectivity index (χ0v) is 15.4. The Kier molecular flexibility index (Phi) is 5.05. The van der Waals surface area contributed by atoms with Gasteiger partial charge < -0.3 is 4.74 Å². The van der Waals surface area contributed by atoms with E-state index in [1.54, 1.807) is 31.2 Å². The van der Waals surface area contributed by atoms with E-state index >= 15 is 0 Å². The standard InChI is InChI=1S/C24H19F3O/c1-2-16-9-10-18(24(27)23(16)26)8-5-15-3-6-17(7-4-15)20-12-11-19(13-21(20)25)22-14-28-22/h3-13,22H,2,14H2,1H3/b8-5+. The molecule has 3 aromatic rings. The second-order valence-electron chi connectivity index (χ2n) is 6.81. The first-order valence-corrected chi connectivity index (χ1v) is 9.23. The molecular formula is C24H19F3O. The molecule has 0 aliphatic carbocycles. The number of ether oxygens (including phenoxy) is 1. The lowest BCUT2D eigenvalue weighted by atomic mass is 10.0. The molecule has 142 valence electrons. The summed E-state index contributed by atoms with van der Waals surface area (Å²) in [6.07, 6.45) is 3.71. The van der Waals surface area contributed by atoms with Crippen LogP contribution in [0.25, 0.3) is 23.3 Å². The predicted molar refractivity (Wildman–Crippen MR) is 105 cm³/mol. The van der Waals surface area contributed by atoms with E-state index in [-0.39, 0.29) is 17.5 Å². The Bertz CT molecular complexity index is 1030. The van der Waals surface area contributed by atoms with Gasteiger partial charge in [-0.05, 0) is 34.7 Å².